The van der Waals surface area contributed by atoms with E-state index in [0.717, 1.165) is 23.6 Å². The molecule has 0 spiro atoms. The highest BCUT2D eigenvalue weighted by atomic mass is 32.1. The molecule has 0 aliphatic heterocycles. The Balaban J connectivity index is 1.51. The van der Waals surface area contributed by atoms with Crippen molar-refractivity contribution in [3.8, 4) is 11.3 Å². The fourth-order valence-corrected chi connectivity index (χ4v) is 3.82. The monoisotopic (exact) mass is 364 g/mol. The Bertz CT molecular complexity index is 941. The molecular weight excluding hydrogens is 344 g/mol. The topological polar surface area (TPSA) is 42.4 Å². The normalized spacial score (nSPS) is 11.3. The van der Waals surface area contributed by atoms with E-state index in [2.05, 4.69) is 28.9 Å². The molecule has 4 aromatic rings. The van der Waals surface area contributed by atoms with E-state index < -0.39 is 0 Å². The Hall–Kier alpha value is -2.63. The summed E-state index contributed by atoms with van der Waals surface area (Å²) in [6.07, 6.45) is 3.51. The summed E-state index contributed by atoms with van der Waals surface area (Å²) in [5, 5.41) is 0. The van der Waals surface area contributed by atoms with Gasteiger partial charge in [-0.15, -0.1) is 11.3 Å². The number of hydrogen-bond acceptors (Lipinski definition) is 5. The fraction of sp³-hybridized carbons (Fsp3) is 0.190. The van der Waals surface area contributed by atoms with Crippen molar-refractivity contribution < 1.29 is 8.83 Å². The Morgan fingerprint density at radius 1 is 0.962 bits per heavy atom. The largest absolute Gasteiger partial charge is 0.468 e. The van der Waals surface area contributed by atoms with Crippen molar-refractivity contribution in [2.45, 2.75) is 26.6 Å². The molecule has 26 heavy (non-hydrogen) atoms. The first-order valence-electron chi connectivity index (χ1n) is 8.56. The summed E-state index contributed by atoms with van der Waals surface area (Å²) in [5.74, 6) is 2.45. The molecular formula is C21H20N2O2S. The van der Waals surface area contributed by atoms with Crippen LogP contribution < -0.4 is 0 Å². The van der Waals surface area contributed by atoms with Crippen LogP contribution in [0.1, 0.15) is 21.4 Å². The summed E-state index contributed by atoms with van der Waals surface area (Å²) >= 11 is 1.82. The van der Waals surface area contributed by atoms with Gasteiger partial charge < -0.3 is 8.83 Å². The Labute approximate surface area is 156 Å². The number of oxazole rings is 1. The maximum absolute atomic E-state index is 5.98. The molecule has 3 heterocycles. The fourth-order valence-electron chi connectivity index (χ4n) is 2.89. The van der Waals surface area contributed by atoms with Gasteiger partial charge in [-0.25, -0.2) is 4.98 Å². The molecule has 4 nitrogen and oxygen atoms in total. The Morgan fingerprint density at radius 3 is 2.58 bits per heavy atom. The van der Waals surface area contributed by atoms with Crippen LogP contribution in [0.4, 0.5) is 0 Å². The second-order valence-corrected chi connectivity index (χ2v) is 7.59. The van der Waals surface area contributed by atoms with E-state index in [1.54, 1.807) is 12.5 Å². The van der Waals surface area contributed by atoms with Gasteiger partial charge in [0, 0.05) is 21.9 Å². The predicted octanol–water partition coefficient (Wildman–Crippen LogP) is 5.51. The second kappa shape index (κ2) is 7.72. The smallest absolute Gasteiger partial charge is 0.209 e. The molecule has 3 aromatic heterocycles. The lowest BCUT2D eigenvalue weighted by atomic mass is 10.2. The van der Waals surface area contributed by atoms with E-state index in [4.69, 9.17) is 8.83 Å². The van der Waals surface area contributed by atoms with Gasteiger partial charge in [0.2, 0.25) is 5.89 Å². The molecule has 0 saturated carbocycles. The molecule has 0 radical (unpaired) electrons. The van der Waals surface area contributed by atoms with E-state index in [0.29, 0.717) is 19.0 Å². The minimum absolute atomic E-state index is 0.629. The van der Waals surface area contributed by atoms with E-state index in [9.17, 15) is 0 Å². The molecule has 0 saturated heterocycles. The number of rotatable bonds is 7. The van der Waals surface area contributed by atoms with Crippen LogP contribution in [0.3, 0.4) is 0 Å². The van der Waals surface area contributed by atoms with Gasteiger partial charge in [-0.2, -0.15) is 0 Å². The van der Waals surface area contributed by atoms with Gasteiger partial charge in [0.1, 0.15) is 5.76 Å². The first-order chi connectivity index (χ1) is 12.8. The minimum Gasteiger partial charge on any atom is -0.468 e. The number of benzene rings is 1. The molecule has 0 bridgehead atoms. The van der Waals surface area contributed by atoms with Crippen molar-refractivity contribution in [2.24, 2.45) is 0 Å². The Morgan fingerprint density at radius 2 is 1.85 bits per heavy atom. The van der Waals surface area contributed by atoms with E-state index in [-0.39, 0.29) is 0 Å². The molecule has 1 aromatic carbocycles. The lowest BCUT2D eigenvalue weighted by Gasteiger charge is -2.18. The zero-order valence-corrected chi connectivity index (χ0v) is 15.4. The van der Waals surface area contributed by atoms with Gasteiger partial charge in [0.05, 0.1) is 25.5 Å². The number of aryl methyl sites for hydroxylation is 1. The lowest BCUT2D eigenvalue weighted by Crippen LogP contribution is -2.21. The second-order valence-electron chi connectivity index (χ2n) is 6.22. The number of thiophene rings is 1. The van der Waals surface area contributed by atoms with Crippen LogP contribution in [0.2, 0.25) is 0 Å². The van der Waals surface area contributed by atoms with Crippen LogP contribution >= 0.6 is 11.3 Å². The third-order valence-corrected chi connectivity index (χ3v) is 5.09. The van der Waals surface area contributed by atoms with Crippen molar-refractivity contribution in [1.82, 2.24) is 9.88 Å². The summed E-state index contributed by atoms with van der Waals surface area (Å²) in [6.45, 7) is 4.31. The summed E-state index contributed by atoms with van der Waals surface area (Å²) in [5.41, 5.74) is 1.04. The van der Waals surface area contributed by atoms with Gasteiger partial charge in [-0.1, -0.05) is 30.3 Å². The van der Waals surface area contributed by atoms with Gasteiger partial charge >= 0.3 is 0 Å². The van der Waals surface area contributed by atoms with Crippen molar-refractivity contribution in [3.05, 3.63) is 88.5 Å². The molecule has 0 fully saturated rings. The van der Waals surface area contributed by atoms with E-state index >= 15 is 0 Å². The highest BCUT2D eigenvalue weighted by Gasteiger charge is 2.15. The van der Waals surface area contributed by atoms with Crippen LogP contribution in [0.15, 0.2) is 75.9 Å². The quantitative estimate of drug-likeness (QED) is 0.434. The maximum atomic E-state index is 5.98. The molecule has 0 atom stereocenters. The average molecular weight is 364 g/mol. The molecule has 5 heteroatoms. The summed E-state index contributed by atoms with van der Waals surface area (Å²) in [7, 11) is 0. The van der Waals surface area contributed by atoms with Crippen LogP contribution in [-0.4, -0.2) is 9.88 Å². The Kier molecular flexibility index (Phi) is 5.00. The molecule has 0 unspecified atom stereocenters. The van der Waals surface area contributed by atoms with Crippen LogP contribution in [0, 0.1) is 6.92 Å². The standard InChI is InChI=1S/C21H20N2O2S/c1-16-9-10-19(26-16)14-23(13-18-8-5-11-24-18)15-21-22-12-20(25-21)17-6-3-2-4-7-17/h2-12H,13-15H2,1H3. The lowest BCUT2D eigenvalue weighted by molar-refractivity contribution is 0.208. The van der Waals surface area contributed by atoms with Gasteiger partial charge in [0.25, 0.3) is 0 Å². The van der Waals surface area contributed by atoms with Crippen LogP contribution in [-0.2, 0) is 19.6 Å². The molecule has 0 aliphatic carbocycles. The highest BCUT2D eigenvalue weighted by Crippen LogP contribution is 2.23. The van der Waals surface area contributed by atoms with Crippen molar-refractivity contribution in [3.63, 3.8) is 0 Å². The third-order valence-electron chi connectivity index (χ3n) is 4.11. The van der Waals surface area contributed by atoms with Crippen molar-refractivity contribution >= 4 is 11.3 Å². The highest BCUT2D eigenvalue weighted by molar-refractivity contribution is 7.11. The maximum Gasteiger partial charge on any atom is 0.209 e. The van der Waals surface area contributed by atoms with E-state index in [1.807, 2.05) is 53.8 Å². The number of aromatic nitrogens is 1. The van der Waals surface area contributed by atoms with Crippen LogP contribution in [0.25, 0.3) is 11.3 Å². The first kappa shape index (κ1) is 16.8. The first-order valence-corrected chi connectivity index (χ1v) is 9.38. The zero-order valence-electron chi connectivity index (χ0n) is 14.6. The minimum atomic E-state index is 0.629. The zero-order chi connectivity index (χ0) is 17.8. The van der Waals surface area contributed by atoms with E-state index in [1.165, 1.54) is 9.75 Å². The van der Waals surface area contributed by atoms with Crippen molar-refractivity contribution in [1.29, 1.82) is 0 Å². The molecule has 0 amide bonds. The van der Waals surface area contributed by atoms with Gasteiger partial charge in [-0.3, -0.25) is 4.90 Å². The third kappa shape index (κ3) is 4.12. The van der Waals surface area contributed by atoms with Gasteiger partial charge in [-0.05, 0) is 31.2 Å². The number of furan rings is 1. The summed E-state index contributed by atoms with van der Waals surface area (Å²) < 4.78 is 11.5. The average Bonchev–Trinajstić information content (AvgIpc) is 3.39. The number of hydrogen-bond donors (Lipinski definition) is 0. The summed E-state index contributed by atoms with van der Waals surface area (Å²) in [4.78, 5) is 9.40. The van der Waals surface area contributed by atoms with Gasteiger partial charge in [0.15, 0.2) is 5.76 Å². The SMILES string of the molecule is Cc1ccc(CN(Cc2ccco2)Cc2ncc(-c3ccccc3)o2)s1. The molecule has 0 aliphatic rings. The predicted molar refractivity (Wildman–Crippen MR) is 103 cm³/mol. The summed E-state index contributed by atoms with van der Waals surface area (Å²) in [6, 6.07) is 18.3. The number of nitrogens with zero attached hydrogens (tertiary/aromatic N) is 2. The molecule has 0 N–H and O–H groups in total. The molecule has 132 valence electrons. The van der Waals surface area contributed by atoms with Crippen molar-refractivity contribution in [2.75, 3.05) is 0 Å². The van der Waals surface area contributed by atoms with Crippen LogP contribution in [0.5, 0.6) is 0 Å². The molecule has 4 rings (SSSR count).